The average molecular weight is 569 g/mol. The second-order valence-electron chi connectivity index (χ2n) is 10.5. The van der Waals surface area contributed by atoms with Gasteiger partial charge in [-0.15, -0.1) is 0 Å². The van der Waals surface area contributed by atoms with E-state index in [0.717, 1.165) is 5.69 Å². The van der Waals surface area contributed by atoms with Gasteiger partial charge in [-0.3, -0.25) is 14.3 Å². The van der Waals surface area contributed by atoms with Gasteiger partial charge in [0.2, 0.25) is 0 Å². The number of aliphatic carboxylic acids is 1. The van der Waals surface area contributed by atoms with Crippen LogP contribution in [-0.2, 0) is 19.9 Å². The van der Waals surface area contributed by atoms with Crippen LogP contribution in [0.15, 0.2) is 30.5 Å². The molecule has 0 bridgehead atoms. The third-order valence-corrected chi connectivity index (χ3v) is 8.02. The highest BCUT2D eigenvalue weighted by Crippen LogP contribution is 2.37. The maximum absolute atomic E-state index is 14.0. The van der Waals surface area contributed by atoms with Crippen LogP contribution in [0.3, 0.4) is 0 Å². The lowest BCUT2D eigenvalue weighted by molar-refractivity contribution is -0.146. The number of carbonyl (C=O) groups excluding carboxylic acids is 1. The van der Waals surface area contributed by atoms with Gasteiger partial charge in [-0.2, -0.15) is 13.9 Å². The Morgan fingerprint density at radius 3 is 2.54 bits per heavy atom. The number of alkyl halides is 2. The van der Waals surface area contributed by atoms with Crippen LogP contribution >= 0.6 is 11.6 Å². The predicted octanol–water partition coefficient (Wildman–Crippen LogP) is 4.82. The molecule has 9 nitrogen and oxygen atoms in total. The summed E-state index contributed by atoms with van der Waals surface area (Å²) < 4.78 is 37.9. The summed E-state index contributed by atoms with van der Waals surface area (Å²) in [5.41, 5.74) is -0.168. The van der Waals surface area contributed by atoms with E-state index >= 15 is 0 Å². The van der Waals surface area contributed by atoms with Crippen LogP contribution in [0.2, 0.25) is 5.02 Å². The minimum absolute atomic E-state index is 0.0445. The Balaban J connectivity index is 1.58. The van der Waals surface area contributed by atoms with E-state index in [1.807, 2.05) is 19.9 Å². The van der Waals surface area contributed by atoms with Gasteiger partial charge < -0.3 is 24.8 Å². The van der Waals surface area contributed by atoms with E-state index in [9.17, 15) is 23.5 Å². The maximum Gasteiger partial charge on any atom is 0.387 e. The third-order valence-electron chi connectivity index (χ3n) is 7.79. The van der Waals surface area contributed by atoms with Gasteiger partial charge >= 0.3 is 12.6 Å². The largest absolute Gasteiger partial charge is 0.481 e. The van der Waals surface area contributed by atoms with E-state index in [2.05, 4.69) is 20.1 Å². The van der Waals surface area contributed by atoms with Crippen molar-refractivity contribution in [1.82, 2.24) is 14.7 Å². The van der Waals surface area contributed by atoms with Crippen molar-refractivity contribution in [2.75, 3.05) is 38.2 Å². The Labute approximate surface area is 231 Å². The minimum Gasteiger partial charge on any atom is -0.481 e. The van der Waals surface area contributed by atoms with Gasteiger partial charge in [-0.25, -0.2) is 0 Å². The molecule has 1 unspecified atom stereocenters. The van der Waals surface area contributed by atoms with E-state index in [-0.39, 0.29) is 28.3 Å². The monoisotopic (exact) mass is 568 g/mol. The Hall–Kier alpha value is -2.76. The fourth-order valence-electron chi connectivity index (χ4n) is 5.61. The Kier molecular flexibility index (Phi) is 9.45. The lowest BCUT2D eigenvalue weighted by Crippen LogP contribution is -2.55. The number of anilines is 1. The fraction of sp³-hybridized carbons (Fsp3) is 0.593. The molecular formula is C27H35ClF2N4O5. The first-order valence-corrected chi connectivity index (χ1v) is 13.6. The number of hydrogen-bond acceptors (Lipinski definition) is 6. The molecule has 1 atom stereocenters. The highest BCUT2D eigenvalue weighted by Gasteiger charge is 2.46. The number of piperidine rings is 1. The first-order valence-electron chi connectivity index (χ1n) is 13.2. The molecule has 3 heterocycles. The lowest BCUT2D eigenvalue weighted by Gasteiger charge is -2.43. The van der Waals surface area contributed by atoms with Crippen molar-refractivity contribution in [2.45, 2.75) is 57.6 Å². The molecule has 2 saturated heterocycles. The molecule has 4 rings (SSSR count). The predicted molar refractivity (Wildman–Crippen MR) is 141 cm³/mol. The van der Waals surface area contributed by atoms with Crippen LogP contribution in [-0.4, -0.2) is 71.1 Å². The SMILES string of the molecule is CC(C)c1ccnn1C1(C(=O)Nc2ccc(Cl)cc2OC(F)F)CCN(CC(C(=O)O)C2CCOCC2)CC1. The summed E-state index contributed by atoms with van der Waals surface area (Å²) in [6, 6.07) is 6.01. The molecule has 2 N–H and O–H groups in total. The minimum atomic E-state index is -3.09. The lowest BCUT2D eigenvalue weighted by atomic mass is 9.82. The number of carbonyl (C=O) groups is 2. The number of hydrogen-bond donors (Lipinski definition) is 2. The molecule has 214 valence electrons. The van der Waals surface area contributed by atoms with Gasteiger partial charge in [0.1, 0.15) is 5.54 Å². The normalized spacial score (nSPS) is 19.3. The highest BCUT2D eigenvalue weighted by atomic mass is 35.5. The van der Waals surface area contributed by atoms with Gasteiger partial charge in [0, 0.05) is 55.8 Å². The smallest absolute Gasteiger partial charge is 0.387 e. The number of halogens is 3. The van der Waals surface area contributed by atoms with Gasteiger partial charge in [0.25, 0.3) is 5.91 Å². The summed E-state index contributed by atoms with van der Waals surface area (Å²) in [7, 11) is 0. The van der Waals surface area contributed by atoms with E-state index in [1.165, 1.54) is 18.2 Å². The van der Waals surface area contributed by atoms with Crippen LogP contribution < -0.4 is 10.1 Å². The van der Waals surface area contributed by atoms with E-state index < -0.39 is 29.9 Å². The summed E-state index contributed by atoms with van der Waals surface area (Å²) in [6.07, 6.45) is 3.80. The van der Waals surface area contributed by atoms with Gasteiger partial charge in [0.05, 0.1) is 11.6 Å². The topological polar surface area (TPSA) is 106 Å². The zero-order valence-electron chi connectivity index (χ0n) is 22.1. The second kappa shape index (κ2) is 12.6. The van der Waals surface area contributed by atoms with Gasteiger partial charge in [0.15, 0.2) is 5.75 Å². The quantitative estimate of drug-likeness (QED) is 0.423. The van der Waals surface area contributed by atoms with Gasteiger partial charge in [-0.05, 0) is 55.7 Å². The van der Waals surface area contributed by atoms with Crippen LogP contribution in [0.25, 0.3) is 0 Å². The van der Waals surface area contributed by atoms with Crippen molar-refractivity contribution < 1.29 is 33.0 Å². The fourth-order valence-corrected chi connectivity index (χ4v) is 5.77. The molecule has 1 aromatic carbocycles. The summed E-state index contributed by atoms with van der Waals surface area (Å²) in [4.78, 5) is 28.2. The number of carboxylic acid groups (broad SMARTS) is 1. The molecule has 0 radical (unpaired) electrons. The summed E-state index contributed by atoms with van der Waals surface area (Å²) in [5, 5.41) is 17.5. The molecule has 2 aromatic rings. The van der Waals surface area contributed by atoms with E-state index in [4.69, 9.17) is 16.3 Å². The zero-order chi connectivity index (χ0) is 28.2. The van der Waals surface area contributed by atoms with Crippen LogP contribution in [0.4, 0.5) is 14.5 Å². The second-order valence-corrected chi connectivity index (χ2v) is 11.0. The molecule has 1 amide bonds. The number of aromatic nitrogens is 2. The Bertz CT molecular complexity index is 1150. The van der Waals surface area contributed by atoms with Crippen LogP contribution in [0.5, 0.6) is 5.75 Å². The number of nitrogens with zero attached hydrogens (tertiary/aromatic N) is 3. The number of ether oxygens (including phenoxy) is 2. The van der Waals surface area contributed by atoms with E-state index in [1.54, 1.807) is 10.9 Å². The number of nitrogens with one attached hydrogen (secondary N) is 1. The highest BCUT2D eigenvalue weighted by molar-refractivity contribution is 6.30. The Morgan fingerprint density at radius 2 is 1.92 bits per heavy atom. The standard InChI is InChI=1S/C27H35ClF2N4O5/c1-17(2)22-5-10-31-34(22)27(25(37)32-21-4-3-19(28)15-23(21)39-26(29)30)8-11-33(12-9-27)16-20(24(35)36)18-6-13-38-14-7-18/h3-5,10,15,17-18,20,26H,6-9,11-14,16H2,1-2H3,(H,32,37)(H,35,36). The Morgan fingerprint density at radius 1 is 1.23 bits per heavy atom. The molecule has 0 spiro atoms. The van der Waals surface area contributed by atoms with Gasteiger partial charge in [-0.1, -0.05) is 25.4 Å². The number of carboxylic acids is 1. The van der Waals surface area contributed by atoms with E-state index in [0.29, 0.717) is 58.5 Å². The van der Waals surface area contributed by atoms with Crippen LogP contribution in [0, 0.1) is 11.8 Å². The zero-order valence-corrected chi connectivity index (χ0v) is 22.9. The first kappa shape index (κ1) is 29.2. The molecule has 1 aromatic heterocycles. The number of benzene rings is 1. The molecule has 0 saturated carbocycles. The van der Waals surface area contributed by atoms with Crippen molar-refractivity contribution in [2.24, 2.45) is 11.8 Å². The summed E-state index contributed by atoms with van der Waals surface area (Å²) >= 11 is 5.98. The maximum atomic E-state index is 14.0. The average Bonchev–Trinajstić information content (AvgIpc) is 3.40. The van der Waals surface area contributed by atoms with Crippen molar-refractivity contribution in [1.29, 1.82) is 0 Å². The summed E-state index contributed by atoms with van der Waals surface area (Å²) in [5.74, 6) is -1.86. The third kappa shape index (κ3) is 6.70. The number of likely N-dealkylation sites (tertiary alicyclic amines) is 1. The van der Waals surface area contributed by atoms with Crippen LogP contribution in [0.1, 0.15) is 51.1 Å². The van der Waals surface area contributed by atoms with Crippen molar-refractivity contribution in [3.05, 3.63) is 41.2 Å². The number of rotatable bonds is 10. The molecule has 39 heavy (non-hydrogen) atoms. The molecule has 2 aliphatic heterocycles. The van der Waals surface area contributed by atoms with Crippen molar-refractivity contribution in [3.8, 4) is 5.75 Å². The molecule has 0 aliphatic carbocycles. The number of amides is 1. The van der Waals surface area contributed by atoms with Crippen molar-refractivity contribution >= 4 is 29.2 Å². The molecular weight excluding hydrogens is 534 g/mol. The summed E-state index contributed by atoms with van der Waals surface area (Å²) in [6.45, 7) is 3.39. The first-order chi connectivity index (χ1) is 18.6. The molecule has 2 aliphatic rings. The van der Waals surface area contributed by atoms with Crippen molar-refractivity contribution in [3.63, 3.8) is 0 Å². The molecule has 2 fully saturated rings. The molecule has 12 heteroatoms.